The third kappa shape index (κ3) is 3.71. The molecule has 28 heavy (non-hydrogen) atoms. The Morgan fingerprint density at radius 3 is 2.61 bits per heavy atom. The minimum atomic E-state index is -0.762. The summed E-state index contributed by atoms with van der Waals surface area (Å²) >= 11 is 0. The molecule has 2 bridgehead atoms. The first kappa shape index (κ1) is 20.9. The van der Waals surface area contributed by atoms with Crippen molar-refractivity contribution in [2.24, 2.45) is 17.8 Å². The zero-order valence-corrected chi connectivity index (χ0v) is 17.5. The standard InChI is InChI=1S/C21H33N3O4/c1-14-8-15-9-17(14)21(10-15,13-25)24(19(27)28-20(2,3)4)12-18(26)23-7-5-6-16(23)11-22/h14-17,25H,5-10,12-13H2,1-4H3. The number of fused-ring (bicyclic) bond motifs is 2. The topological polar surface area (TPSA) is 93.9 Å². The average Bonchev–Trinajstić information content (AvgIpc) is 3.31. The first-order valence-corrected chi connectivity index (χ1v) is 10.4. The van der Waals surface area contributed by atoms with E-state index in [4.69, 9.17) is 4.74 Å². The van der Waals surface area contributed by atoms with E-state index in [1.54, 1.807) is 25.7 Å². The van der Waals surface area contributed by atoms with Crippen LogP contribution in [0.15, 0.2) is 0 Å². The smallest absolute Gasteiger partial charge is 0.411 e. The Balaban J connectivity index is 1.88. The molecule has 1 N–H and O–H groups in total. The van der Waals surface area contributed by atoms with Crippen LogP contribution in [0.4, 0.5) is 4.79 Å². The molecule has 0 radical (unpaired) electrons. The molecule has 3 aliphatic rings. The number of ether oxygens (including phenoxy) is 1. The Morgan fingerprint density at radius 2 is 2.07 bits per heavy atom. The summed E-state index contributed by atoms with van der Waals surface area (Å²) in [7, 11) is 0. The van der Waals surface area contributed by atoms with E-state index >= 15 is 0 Å². The molecule has 1 heterocycles. The maximum atomic E-state index is 13.2. The highest BCUT2D eigenvalue weighted by Crippen LogP contribution is 2.56. The van der Waals surface area contributed by atoms with E-state index in [1.807, 2.05) is 0 Å². The van der Waals surface area contributed by atoms with Crippen LogP contribution in [0.5, 0.6) is 0 Å². The first-order chi connectivity index (χ1) is 13.1. The predicted octanol–water partition coefficient (Wildman–Crippen LogP) is 2.54. The Morgan fingerprint density at radius 1 is 1.36 bits per heavy atom. The Hall–Kier alpha value is -1.81. The van der Waals surface area contributed by atoms with Crippen molar-refractivity contribution in [3.63, 3.8) is 0 Å². The molecule has 0 aromatic rings. The fourth-order valence-corrected chi connectivity index (χ4v) is 5.67. The van der Waals surface area contributed by atoms with Gasteiger partial charge in [-0.25, -0.2) is 4.79 Å². The highest BCUT2D eigenvalue weighted by molar-refractivity contribution is 5.83. The number of amides is 2. The van der Waals surface area contributed by atoms with Gasteiger partial charge in [-0.15, -0.1) is 0 Å². The Labute approximate surface area is 167 Å². The largest absolute Gasteiger partial charge is 0.444 e. The second-order valence-electron chi connectivity index (χ2n) is 9.83. The number of nitriles is 1. The van der Waals surface area contributed by atoms with E-state index < -0.39 is 23.3 Å². The van der Waals surface area contributed by atoms with Crippen LogP contribution >= 0.6 is 0 Å². The lowest BCUT2D eigenvalue weighted by atomic mass is 9.74. The normalized spacial score (nSPS) is 34.4. The zero-order chi connectivity index (χ0) is 20.7. The molecule has 0 spiro atoms. The van der Waals surface area contributed by atoms with Gasteiger partial charge in [-0.3, -0.25) is 9.69 Å². The Kier molecular flexibility index (Phi) is 5.64. The van der Waals surface area contributed by atoms with Crippen molar-refractivity contribution in [2.75, 3.05) is 19.7 Å². The van der Waals surface area contributed by atoms with Crippen LogP contribution < -0.4 is 0 Å². The van der Waals surface area contributed by atoms with Gasteiger partial charge in [0.2, 0.25) is 5.91 Å². The molecule has 156 valence electrons. The van der Waals surface area contributed by atoms with Gasteiger partial charge in [0.15, 0.2) is 0 Å². The SMILES string of the molecule is CC1CC2CC1C(CO)(N(CC(=O)N1CCCC1C#N)C(=O)OC(C)(C)C)C2. The second-order valence-corrected chi connectivity index (χ2v) is 9.83. The van der Waals surface area contributed by atoms with E-state index in [9.17, 15) is 20.0 Å². The van der Waals surface area contributed by atoms with Crippen molar-refractivity contribution < 1.29 is 19.4 Å². The number of rotatable bonds is 4. The van der Waals surface area contributed by atoms with Crippen molar-refractivity contribution >= 4 is 12.0 Å². The minimum Gasteiger partial charge on any atom is -0.444 e. The molecule has 3 fully saturated rings. The summed E-state index contributed by atoms with van der Waals surface area (Å²) in [5.41, 5.74) is -1.46. The average molecular weight is 392 g/mol. The summed E-state index contributed by atoms with van der Waals surface area (Å²) < 4.78 is 5.64. The summed E-state index contributed by atoms with van der Waals surface area (Å²) in [5, 5.41) is 19.7. The van der Waals surface area contributed by atoms with Gasteiger partial charge in [-0.1, -0.05) is 6.92 Å². The molecule has 2 aliphatic carbocycles. The van der Waals surface area contributed by atoms with Gasteiger partial charge in [-0.05, 0) is 70.6 Å². The lowest BCUT2D eigenvalue weighted by molar-refractivity contribution is -0.136. The lowest BCUT2D eigenvalue weighted by Gasteiger charge is -2.47. The van der Waals surface area contributed by atoms with Crippen LogP contribution in [0.25, 0.3) is 0 Å². The van der Waals surface area contributed by atoms with Gasteiger partial charge in [0.25, 0.3) is 0 Å². The fraction of sp³-hybridized carbons (Fsp3) is 0.857. The number of carbonyl (C=O) groups excluding carboxylic acids is 2. The van der Waals surface area contributed by atoms with Gasteiger partial charge in [0.1, 0.15) is 18.2 Å². The molecule has 3 rings (SSSR count). The van der Waals surface area contributed by atoms with Gasteiger partial charge in [-0.2, -0.15) is 5.26 Å². The number of carbonyl (C=O) groups is 2. The number of hydrogen-bond donors (Lipinski definition) is 1. The van der Waals surface area contributed by atoms with Crippen LogP contribution in [-0.4, -0.2) is 63.8 Å². The summed E-state index contributed by atoms with van der Waals surface area (Å²) in [4.78, 5) is 29.3. The van der Waals surface area contributed by atoms with Gasteiger partial charge in [0.05, 0.1) is 18.2 Å². The van der Waals surface area contributed by atoms with E-state index in [0.29, 0.717) is 31.2 Å². The Bertz CT molecular complexity index is 668. The summed E-state index contributed by atoms with van der Waals surface area (Å²) in [6.45, 7) is 7.77. The maximum absolute atomic E-state index is 13.2. The highest BCUT2D eigenvalue weighted by atomic mass is 16.6. The minimum absolute atomic E-state index is 0.149. The second kappa shape index (κ2) is 7.55. The van der Waals surface area contributed by atoms with Crippen LogP contribution in [0.2, 0.25) is 0 Å². The molecule has 5 unspecified atom stereocenters. The van der Waals surface area contributed by atoms with E-state index in [2.05, 4.69) is 13.0 Å². The van der Waals surface area contributed by atoms with Crippen molar-refractivity contribution in [1.82, 2.24) is 9.80 Å². The van der Waals surface area contributed by atoms with Gasteiger partial charge in [0, 0.05) is 6.54 Å². The monoisotopic (exact) mass is 391 g/mol. The molecule has 7 nitrogen and oxygen atoms in total. The fourth-order valence-electron chi connectivity index (χ4n) is 5.67. The lowest BCUT2D eigenvalue weighted by Crippen LogP contribution is -2.62. The van der Waals surface area contributed by atoms with Crippen LogP contribution in [0, 0.1) is 29.1 Å². The number of likely N-dealkylation sites (tertiary alicyclic amines) is 1. The molecule has 2 amide bonds. The summed E-state index contributed by atoms with van der Waals surface area (Å²) in [6.07, 6.45) is 3.69. The third-order valence-electron chi connectivity index (χ3n) is 6.75. The maximum Gasteiger partial charge on any atom is 0.411 e. The van der Waals surface area contributed by atoms with Gasteiger partial charge >= 0.3 is 6.09 Å². The van der Waals surface area contributed by atoms with Gasteiger partial charge < -0.3 is 14.7 Å². The molecular formula is C21H33N3O4. The molecule has 0 aromatic carbocycles. The van der Waals surface area contributed by atoms with E-state index in [-0.39, 0.29) is 25.0 Å². The molecular weight excluding hydrogens is 358 g/mol. The van der Waals surface area contributed by atoms with Crippen molar-refractivity contribution in [3.05, 3.63) is 0 Å². The summed E-state index contributed by atoms with van der Waals surface area (Å²) in [6, 6.07) is 1.75. The van der Waals surface area contributed by atoms with Crippen molar-refractivity contribution in [2.45, 2.75) is 77.0 Å². The quantitative estimate of drug-likeness (QED) is 0.795. The third-order valence-corrected chi connectivity index (χ3v) is 6.75. The van der Waals surface area contributed by atoms with Crippen LogP contribution in [0.3, 0.4) is 0 Å². The van der Waals surface area contributed by atoms with E-state index in [0.717, 1.165) is 19.3 Å². The molecule has 0 aromatic heterocycles. The number of aliphatic hydroxyl groups is 1. The van der Waals surface area contributed by atoms with Crippen molar-refractivity contribution in [3.8, 4) is 6.07 Å². The molecule has 2 saturated carbocycles. The van der Waals surface area contributed by atoms with Crippen LogP contribution in [-0.2, 0) is 9.53 Å². The number of aliphatic hydroxyl groups excluding tert-OH is 1. The molecule has 1 saturated heterocycles. The van der Waals surface area contributed by atoms with Crippen molar-refractivity contribution in [1.29, 1.82) is 5.26 Å². The first-order valence-electron chi connectivity index (χ1n) is 10.4. The van der Waals surface area contributed by atoms with Crippen LogP contribution in [0.1, 0.15) is 59.8 Å². The van der Waals surface area contributed by atoms with E-state index in [1.165, 1.54) is 4.90 Å². The predicted molar refractivity (Wildman–Crippen MR) is 103 cm³/mol. The molecule has 1 aliphatic heterocycles. The zero-order valence-electron chi connectivity index (χ0n) is 17.5. The molecule has 5 atom stereocenters. The number of hydrogen-bond acceptors (Lipinski definition) is 5. The number of nitrogens with zero attached hydrogens (tertiary/aromatic N) is 3. The molecule has 7 heteroatoms. The highest BCUT2D eigenvalue weighted by Gasteiger charge is 2.59. The summed E-state index contributed by atoms with van der Waals surface area (Å²) in [5.74, 6) is 0.779.